The molecule has 0 unspecified atom stereocenters. The van der Waals surface area contributed by atoms with Gasteiger partial charge in [-0.15, -0.1) is 0 Å². The predicted molar refractivity (Wildman–Crippen MR) is 111 cm³/mol. The second kappa shape index (κ2) is 10.9. The average molecular weight is 470 g/mol. The molecule has 7 nitrogen and oxygen atoms in total. The number of rotatable bonds is 8. The smallest absolute Gasteiger partial charge is 0.416 e. The number of carbonyl (C=O) groups excluding carboxylic acids is 1. The Bertz CT molecular complexity index is 1120. The largest absolute Gasteiger partial charge is 0.493 e. The SMILES string of the molecule is COc1ccc(S(=O)(=O)NCCC(=O)NCC#Cc2cccc(C(F)(F)F)c2)cc1OC. The molecule has 0 saturated carbocycles. The number of halogens is 3. The van der Waals surface area contributed by atoms with Crippen molar-refractivity contribution in [2.45, 2.75) is 17.5 Å². The van der Waals surface area contributed by atoms with Crippen LogP contribution in [0.1, 0.15) is 17.5 Å². The number of hydrogen-bond donors (Lipinski definition) is 2. The van der Waals surface area contributed by atoms with E-state index in [1.165, 1.54) is 44.6 Å². The topological polar surface area (TPSA) is 93.7 Å². The molecule has 0 radical (unpaired) electrons. The Morgan fingerprint density at radius 1 is 1.06 bits per heavy atom. The molecule has 2 rings (SSSR count). The lowest BCUT2D eigenvalue weighted by atomic mass is 10.1. The summed E-state index contributed by atoms with van der Waals surface area (Å²) in [7, 11) is -1.08. The second-order valence-corrected chi connectivity index (χ2v) is 8.09. The Hall–Kier alpha value is -3.23. The summed E-state index contributed by atoms with van der Waals surface area (Å²) in [6.07, 6.45) is -4.62. The van der Waals surface area contributed by atoms with Gasteiger partial charge in [0.2, 0.25) is 15.9 Å². The van der Waals surface area contributed by atoms with E-state index in [1.54, 1.807) is 0 Å². The molecule has 11 heteroatoms. The molecule has 0 atom stereocenters. The van der Waals surface area contributed by atoms with Crippen LogP contribution >= 0.6 is 0 Å². The highest BCUT2D eigenvalue weighted by Gasteiger charge is 2.30. The van der Waals surface area contributed by atoms with Gasteiger partial charge in [-0.25, -0.2) is 13.1 Å². The van der Waals surface area contributed by atoms with Crippen LogP contribution in [0.3, 0.4) is 0 Å². The van der Waals surface area contributed by atoms with Crippen molar-refractivity contribution in [1.29, 1.82) is 0 Å². The molecule has 0 spiro atoms. The number of nitrogens with one attached hydrogen (secondary N) is 2. The number of methoxy groups -OCH3 is 2. The van der Waals surface area contributed by atoms with Crippen molar-refractivity contribution < 1.29 is 35.9 Å². The van der Waals surface area contributed by atoms with Crippen LogP contribution in [0.15, 0.2) is 47.4 Å². The Labute approximate surface area is 184 Å². The highest BCUT2D eigenvalue weighted by Crippen LogP contribution is 2.30. The average Bonchev–Trinajstić information content (AvgIpc) is 2.75. The number of amides is 1. The summed E-state index contributed by atoms with van der Waals surface area (Å²) in [5.74, 6) is 5.23. The quantitative estimate of drug-likeness (QED) is 0.579. The van der Waals surface area contributed by atoms with Gasteiger partial charge < -0.3 is 14.8 Å². The first-order valence-electron chi connectivity index (χ1n) is 9.21. The summed E-state index contributed by atoms with van der Waals surface area (Å²) in [4.78, 5) is 11.8. The fraction of sp³-hybridized carbons (Fsp3) is 0.286. The van der Waals surface area contributed by atoms with Crippen LogP contribution in [0.5, 0.6) is 11.5 Å². The zero-order chi connectivity index (χ0) is 23.8. The van der Waals surface area contributed by atoms with Crippen LogP contribution < -0.4 is 19.5 Å². The Kier molecular flexibility index (Phi) is 8.51. The number of alkyl halides is 3. The molecule has 0 heterocycles. The van der Waals surface area contributed by atoms with Crippen LogP contribution in [-0.4, -0.2) is 41.6 Å². The number of hydrogen-bond acceptors (Lipinski definition) is 5. The number of ether oxygens (including phenoxy) is 2. The first-order valence-corrected chi connectivity index (χ1v) is 10.7. The van der Waals surface area contributed by atoms with Gasteiger partial charge in [0.15, 0.2) is 11.5 Å². The van der Waals surface area contributed by atoms with Crippen LogP contribution in [-0.2, 0) is 21.0 Å². The maximum Gasteiger partial charge on any atom is 0.416 e. The molecular weight excluding hydrogens is 449 g/mol. The third-order valence-electron chi connectivity index (χ3n) is 4.11. The van der Waals surface area contributed by atoms with E-state index in [0.717, 1.165) is 12.1 Å². The summed E-state index contributed by atoms with van der Waals surface area (Å²) in [6, 6.07) is 8.61. The lowest BCUT2D eigenvalue weighted by Crippen LogP contribution is -2.31. The molecule has 2 aromatic carbocycles. The molecular formula is C21H21F3N2O5S. The van der Waals surface area contributed by atoms with Crippen LogP contribution in [0.4, 0.5) is 13.2 Å². The fourth-order valence-corrected chi connectivity index (χ4v) is 3.56. The Balaban J connectivity index is 1.84. The molecule has 172 valence electrons. The van der Waals surface area contributed by atoms with E-state index in [1.807, 2.05) is 0 Å². The lowest BCUT2D eigenvalue weighted by molar-refractivity contribution is -0.137. The minimum absolute atomic E-state index is 0.0532. The molecule has 2 N–H and O–H groups in total. The summed E-state index contributed by atoms with van der Waals surface area (Å²) in [5, 5.41) is 2.45. The van der Waals surface area contributed by atoms with E-state index in [2.05, 4.69) is 21.9 Å². The maximum absolute atomic E-state index is 12.7. The highest BCUT2D eigenvalue weighted by atomic mass is 32.2. The first-order chi connectivity index (χ1) is 15.1. The maximum atomic E-state index is 12.7. The van der Waals surface area contributed by atoms with Crippen molar-refractivity contribution in [2.24, 2.45) is 0 Å². The third-order valence-corrected chi connectivity index (χ3v) is 5.56. The summed E-state index contributed by atoms with van der Waals surface area (Å²) in [5.41, 5.74) is -0.646. The normalized spacial score (nSPS) is 11.3. The number of sulfonamides is 1. The lowest BCUT2D eigenvalue weighted by Gasteiger charge is -2.11. The van der Waals surface area contributed by atoms with E-state index in [-0.39, 0.29) is 35.7 Å². The van der Waals surface area contributed by atoms with E-state index < -0.39 is 27.7 Å². The molecule has 0 aliphatic rings. The van der Waals surface area contributed by atoms with Crippen molar-refractivity contribution in [3.63, 3.8) is 0 Å². The zero-order valence-electron chi connectivity index (χ0n) is 17.2. The molecule has 0 fully saturated rings. The number of benzene rings is 2. The standard InChI is InChI=1S/C21H21F3N2O5S/c1-30-18-9-8-17(14-19(18)31-2)32(28,29)26-12-10-20(27)25-11-4-6-15-5-3-7-16(13-15)21(22,23)24/h3,5,7-9,13-14,26H,10-12H2,1-2H3,(H,25,27). The second-order valence-electron chi connectivity index (χ2n) is 6.32. The van der Waals surface area contributed by atoms with E-state index in [9.17, 15) is 26.4 Å². The summed E-state index contributed by atoms with van der Waals surface area (Å²) >= 11 is 0. The molecule has 0 saturated heterocycles. The van der Waals surface area contributed by atoms with Crippen molar-refractivity contribution in [1.82, 2.24) is 10.0 Å². The van der Waals surface area contributed by atoms with Crippen LogP contribution in [0, 0.1) is 11.8 Å². The van der Waals surface area contributed by atoms with Crippen molar-refractivity contribution in [3.05, 3.63) is 53.6 Å². The monoisotopic (exact) mass is 470 g/mol. The highest BCUT2D eigenvalue weighted by molar-refractivity contribution is 7.89. The van der Waals surface area contributed by atoms with Gasteiger partial charge in [-0.3, -0.25) is 4.79 Å². The Morgan fingerprint density at radius 3 is 2.44 bits per heavy atom. The van der Waals surface area contributed by atoms with Gasteiger partial charge in [0.25, 0.3) is 0 Å². The minimum Gasteiger partial charge on any atom is -0.493 e. The van der Waals surface area contributed by atoms with Gasteiger partial charge in [-0.2, -0.15) is 13.2 Å². The van der Waals surface area contributed by atoms with Crippen LogP contribution in [0.25, 0.3) is 0 Å². The van der Waals surface area contributed by atoms with E-state index in [0.29, 0.717) is 5.75 Å². The zero-order valence-corrected chi connectivity index (χ0v) is 18.1. The molecule has 32 heavy (non-hydrogen) atoms. The van der Waals surface area contributed by atoms with Crippen LogP contribution in [0.2, 0.25) is 0 Å². The van der Waals surface area contributed by atoms with Crippen molar-refractivity contribution in [2.75, 3.05) is 27.3 Å². The van der Waals surface area contributed by atoms with Crippen molar-refractivity contribution in [3.8, 4) is 23.3 Å². The number of carbonyl (C=O) groups is 1. The minimum atomic E-state index is -4.46. The van der Waals surface area contributed by atoms with Gasteiger partial charge >= 0.3 is 6.18 Å². The van der Waals surface area contributed by atoms with Gasteiger partial charge in [0.05, 0.1) is 31.2 Å². The molecule has 2 aromatic rings. The van der Waals surface area contributed by atoms with Gasteiger partial charge in [0.1, 0.15) is 0 Å². The predicted octanol–water partition coefficient (Wildman–Crippen LogP) is 2.56. The molecule has 0 aromatic heterocycles. The summed E-state index contributed by atoms with van der Waals surface area (Å²) in [6.45, 7) is -0.263. The Morgan fingerprint density at radius 2 is 1.78 bits per heavy atom. The fourth-order valence-electron chi connectivity index (χ4n) is 2.52. The first kappa shape index (κ1) is 25.0. The van der Waals surface area contributed by atoms with Gasteiger partial charge in [0, 0.05) is 24.6 Å². The molecule has 0 aliphatic carbocycles. The van der Waals surface area contributed by atoms with E-state index in [4.69, 9.17) is 9.47 Å². The third kappa shape index (κ3) is 7.18. The molecule has 0 aliphatic heterocycles. The summed E-state index contributed by atoms with van der Waals surface area (Å²) < 4.78 is 75.2. The van der Waals surface area contributed by atoms with Gasteiger partial charge in [-0.1, -0.05) is 17.9 Å². The van der Waals surface area contributed by atoms with E-state index >= 15 is 0 Å². The van der Waals surface area contributed by atoms with Crippen molar-refractivity contribution >= 4 is 15.9 Å². The molecule has 1 amide bonds. The van der Waals surface area contributed by atoms with Gasteiger partial charge in [-0.05, 0) is 30.3 Å². The molecule has 0 bridgehead atoms.